The van der Waals surface area contributed by atoms with Gasteiger partial charge >= 0.3 is 264 Å². The maximum atomic E-state index is 14.0. The van der Waals surface area contributed by atoms with Crippen molar-refractivity contribution in [1.82, 2.24) is 0 Å². The average molecular weight is 711 g/mol. The van der Waals surface area contributed by atoms with Gasteiger partial charge in [-0.25, -0.2) is 0 Å². The molecule has 44 heavy (non-hydrogen) atoms. The monoisotopic (exact) mass is 708 g/mol. The Kier molecular flexibility index (Phi) is 11.1. The Morgan fingerprint density at radius 3 is 1.59 bits per heavy atom. The molecule has 3 aromatic rings. The number of allylic oxidation sites excluding steroid dienone is 4. The molecule has 2 aliphatic rings. The van der Waals surface area contributed by atoms with Crippen LogP contribution in [0.2, 0.25) is 0 Å². The molecule has 0 heterocycles. The first kappa shape index (κ1) is 36.9. The summed E-state index contributed by atoms with van der Waals surface area (Å²) in [4.78, 5) is 0. The van der Waals surface area contributed by atoms with Gasteiger partial charge in [0, 0.05) is 0 Å². The van der Waals surface area contributed by atoms with Gasteiger partial charge in [-0.2, -0.15) is 0 Å². The van der Waals surface area contributed by atoms with E-state index in [0.29, 0.717) is 9.54 Å². The number of fused-ring (bicyclic) bond motifs is 3. The van der Waals surface area contributed by atoms with Crippen LogP contribution in [0.25, 0.3) is 11.1 Å². The predicted molar refractivity (Wildman–Crippen MR) is 177 cm³/mol. The topological polar surface area (TPSA) is 0 Å². The van der Waals surface area contributed by atoms with E-state index >= 15 is 0 Å². The summed E-state index contributed by atoms with van der Waals surface area (Å²) in [5.41, 5.74) is 13.2. The SMILES string of the molecule is CCC1=[C](/[Zr+2](=[CH]/c2ccc(F)cc2)[CH]2c3ccc(C(C)(C)C)cc3-c3cc(C(C)(C)C)ccc32)C(C)C=C1C(C)(C)C.[Cl-].[Cl-]. The third kappa shape index (κ3) is 7.04. The van der Waals surface area contributed by atoms with Crippen LogP contribution in [0.5, 0.6) is 0 Å². The Morgan fingerprint density at radius 1 is 0.705 bits per heavy atom. The van der Waals surface area contributed by atoms with E-state index in [4.69, 9.17) is 0 Å². The van der Waals surface area contributed by atoms with Gasteiger partial charge in [0.05, 0.1) is 0 Å². The first-order valence-electron chi connectivity index (χ1n) is 15.7. The summed E-state index contributed by atoms with van der Waals surface area (Å²) in [7, 11) is 0. The van der Waals surface area contributed by atoms with Crippen molar-refractivity contribution in [2.75, 3.05) is 0 Å². The van der Waals surface area contributed by atoms with Gasteiger partial charge in [-0.3, -0.25) is 0 Å². The number of halogens is 3. The van der Waals surface area contributed by atoms with Crippen molar-refractivity contribution >= 4 is 3.71 Å². The van der Waals surface area contributed by atoms with Gasteiger partial charge < -0.3 is 24.8 Å². The van der Waals surface area contributed by atoms with Crippen LogP contribution in [0.15, 0.2) is 81.2 Å². The van der Waals surface area contributed by atoms with Gasteiger partial charge in [-0.1, -0.05) is 0 Å². The summed E-state index contributed by atoms with van der Waals surface area (Å²) in [6.07, 6.45) is 3.62. The quantitative estimate of drug-likeness (QED) is 0.347. The molecular weight excluding hydrogens is 662 g/mol. The zero-order valence-electron chi connectivity index (χ0n) is 28.4. The van der Waals surface area contributed by atoms with E-state index in [1.807, 2.05) is 12.1 Å². The summed E-state index contributed by atoms with van der Waals surface area (Å²) in [6, 6.07) is 21.9. The Balaban J connectivity index is 0.00000264. The fraction of sp³-hybridized carbons (Fsp3) is 0.425. The van der Waals surface area contributed by atoms with Crippen LogP contribution >= 0.6 is 0 Å². The zero-order valence-corrected chi connectivity index (χ0v) is 32.4. The minimum absolute atomic E-state index is 0. The van der Waals surface area contributed by atoms with Crippen LogP contribution in [-0.4, -0.2) is 3.71 Å². The molecule has 0 fully saturated rings. The Morgan fingerprint density at radius 2 is 1.18 bits per heavy atom. The van der Waals surface area contributed by atoms with E-state index < -0.39 is 21.3 Å². The molecule has 0 aromatic heterocycles. The van der Waals surface area contributed by atoms with Gasteiger partial charge in [-0.15, -0.1) is 0 Å². The molecule has 2 aliphatic carbocycles. The van der Waals surface area contributed by atoms with Crippen LogP contribution in [0, 0.1) is 17.2 Å². The van der Waals surface area contributed by atoms with Crippen molar-refractivity contribution in [2.45, 2.75) is 97.0 Å². The average Bonchev–Trinajstić information content (AvgIpc) is 3.41. The van der Waals surface area contributed by atoms with Gasteiger partial charge in [0.25, 0.3) is 0 Å². The van der Waals surface area contributed by atoms with E-state index in [9.17, 15) is 4.39 Å². The molecular formula is C40H49Cl2FZr. The minimum Gasteiger partial charge on any atom is -1.00 e. The first-order valence-corrected chi connectivity index (χ1v) is 19.8. The normalized spacial score (nSPS) is 16.7. The molecule has 0 radical (unpaired) electrons. The molecule has 3 aromatic carbocycles. The molecule has 1 unspecified atom stereocenters. The molecule has 234 valence electrons. The van der Waals surface area contributed by atoms with Crippen LogP contribution in [0.3, 0.4) is 0 Å². The standard InChI is InChI=1S/C21H25.C12H19.C7H5F.2ClH.Zr/c1-20(2,3)16-9-7-14-11-15-8-10-17(21(4,5)6)13-19(15)18(14)12-16;1-6-10-7-9(2)8-11(10)12(3,4)5;1-6-2-4-7(8)5-3-6;;;/h7-13H,1-6H3;8-9H,6H2,1-5H3;1-5H;2*1H;/q;;;;;+2/p-2. The summed E-state index contributed by atoms with van der Waals surface area (Å²) >= 11 is -2.66. The maximum Gasteiger partial charge on any atom is -1.00 e. The Hall–Kier alpha value is -1.60. The van der Waals surface area contributed by atoms with Crippen molar-refractivity contribution in [3.63, 3.8) is 0 Å². The number of rotatable bonds is 4. The molecule has 0 aliphatic heterocycles. The molecule has 0 bridgehead atoms. The van der Waals surface area contributed by atoms with Gasteiger partial charge in [0.2, 0.25) is 0 Å². The smallest absolute Gasteiger partial charge is 1.00 e. The fourth-order valence-electron chi connectivity index (χ4n) is 6.95. The van der Waals surface area contributed by atoms with E-state index in [0.717, 1.165) is 12.0 Å². The summed E-state index contributed by atoms with van der Waals surface area (Å²) in [5, 5.41) is 0. The second-order valence-corrected chi connectivity index (χ2v) is 21.2. The van der Waals surface area contributed by atoms with Crippen LogP contribution in [-0.2, 0) is 32.1 Å². The predicted octanol–water partition coefficient (Wildman–Crippen LogP) is 5.25. The molecule has 0 nitrogen and oxygen atoms in total. The largest absolute Gasteiger partial charge is 1.00 e. The second-order valence-electron chi connectivity index (χ2n) is 15.6. The van der Waals surface area contributed by atoms with Crippen molar-refractivity contribution in [3.8, 4) is 11.1 Å². The molecule has 0 amide bonds. The van der Waals surface area contributed by atoms with Crippen LogP contribution in [0.4, 0.5) is 4.39 Å². The van der Waals surface area contributed by atoms with Crippen LogP contribution < -0.4 is 24.8 Å². The Labute approximate surface area is 286 Å². The zero-order chi connectivity index (χ0) is 30.8. The molecule has 0 saturated carbocycles. The van der Waals surface area contributed by atoms with Gasteiger partial charge in [0.1, 0.15) is 0 Å². The third-order valence-corrected chi connectivity index (χ3v) is 17.3. The van der Waals surface area contributed by atoms with Gasteiger partial charge in [0.15, 0.2) is 0 Å². The van der Waals surface area contributed by atoms with E-state index in [2.05, 4.69) is 122 Å². The minimum atomic E-state index is -2.66. The van der Waals surface area contributed by atoms with Gasteiger partial charge in [-0.05, 0) is 0 Å². The number of hydrogen-bond donors (Lipinski definition) is 0. The summed E-state index contributed by atoms with van der Waals surface area (Å²) in [5.74, 6) is 0.258. The second kappa shape index (κ2) is 13.3. The maximum absolute atomic E-state index is 14.0. The fourth-order valence-corrected chi connectivity index (χ4v) is 15.9. The van der Waals surface area contributed by atoms with Crippen molar-refractivity contribution in [1.29, 1.82) is 0 Å². The summed E-state index contributed by atoms with van der Waals surface area (Å²) in [6.45, 7) is 25.7. The molecule has 0 saturated heterocycles. The van der Waals surface area contributed by atoms with E-state index in [-0.39, 0.29) is 46.9 Å². The van der Waals surface area contributed by atoms with Crippen LogP contribution in [0.1, 0.15) is 114 Å². The third-order valence-electron chi connectivity index (χ3n) is 9.25. The van der Waals surface area contributed by atoms with Crippen molar-refractivity contribution in [2.24, 2.45) is 11.3 Å². The van der Waals surface area contributed by atoms with E-state index in [1.54, 1.807) is 21.0 Å². The van der Waals surface area contributed by atoms with Crippen molar-refractivity contribution in [3.05, 3.63) is 115 Å². The van der Waals surface area contributed by atoms with Crippen molar-refractivity contribution < 1.29 is 50.5 Å². The number of hydrogen-bond acceptors (Lipinski definition) is 0. The molecule has 0 spiro atoms. The Bertz CT molecular complexity index is 1560. The molecule has 4 heteroatoms. The summed E-state index contributed by atoms with van der Waals surface area (Å²) < 4.78 is 18.8. The number of benzene rings is 3. The van der Waals surface area contributed by atoms with E-state index in [1.165, 1.54) is 39.0 Å². The molecule has 0 N–H and O–H groups in total. The first-order chi connectivity index (χ1) is 19.5. The molecule has 5 rings (SSSR count). The molecule has 1 atom stereocenters.